The van der Waals surface area contributed by atoms with E-state index >= 15 is 0 Å². The fourth-order valence-corrected chi connectivity index (χ4v) is 3.27. The zero-order chi connectivity index (χ0) is 25.3. The van der Waals surface area contributed by atoms with Crippen LogP contribution in [0.5, 0.6) is 11.5 Å². The molecular formula is C26H24N6O4. The van der Waals surface area contributed by atoms with Crippen LogP contribution in [0, 0.1) is 0 Å². The van der Waals surface area contributed by atoms with E-state index in [-0.39, 0.29) is 0 Å². The van der Waals surface area contributed by atoms with Gasteiger partial charge in [0.1, 0.15) is 11.5 Å². The van der Waals surface area contributed by atoms with E-state index in [1.165, 1.54) is 10.9 Å². The van der Waals surface area contributed by atoms with Crippen molar-refractivity contribution in [2.75, 3.05) is 14.2 Å². The molecule has 0 fully saturated rings. The quantitative estimate of drug-likeness (QED) is 0.291. The number of nitrogens with one attached hydrogen (secondary N) is 2. The molecule has 2 N–H and O–H groups in total. The summed E-state index contributed by atoms with van der Waals surface area (Å²) in [6, 6.07) is 21.7. The van der Waals surface area contributed by atoms with Crippen LogP contribution >= 0.6 is 0 Å². The minimum Gasteiger partial charge on any atom is -0.497 e. The minimum absolute atomic E-state index is 0.386. The van der Waals surface area contributed by atoms with Crippen LogP contribution in [-0.2, 0) is 11.3 Å². The molecule has 0 aliphatic heterocycles. The van der Waals surface area contributed by atoms with Crippen molar-refractivity contribution in [3.05, 3.63) is 95.6 Å². The molecule has 0 bridgehead atoms. The van der Waals surface area contributed by atoms with Crippen molar-refractivity contribution < 1.29 is 19.1 Å². The molecule has 0 saturated carbocycles. The molecule has 0 aliphatic rings. The smallest absolute Gasteiger partial charge is 0.269 e. The summed E-state index contributed by atoms with van der Waals surface area (Å²) >= 11 is 0. The number of hydrazine groups is 1. The Bertz CT molecular complexity index is 1340. The molecule has 0 spiro atoms. The highest BCUT2D eigenvalue weighted by molar-refractivity contribution is 5.98. The van der Waals surface area contributed by atoms with Gasteiger partial charge in [0.05, 0.1) is 20.8 Å². The predicted molar refractivity (Wildman–Crippen MR) is 133 cm³/mol. The maximum Gasteiger partial charge on any atom is 0.269 e. The van der Waals surface area contributed by atoms with Crippen molar-refractivity contribution in [2.24, 2.45) is 0 Å². The molecule has 0 unspecified atom stereocenters. The minimum atomic E-state index is -0.492. The van der Waals surface area contributed by atoms with Gasteiger partial charge in [0.2, 0.25) is 5.82 Å². The van der Waals surface area contributed by atoms with Gasteiger partial charge in [-0.05, 0) is 46.7 Å². The van der Waals surface area contributed by atoms with Gasteiger partial charge in [0.15, 0.2) is 0 Å². The standard InChI is InChI=1S/C26H24N6O4/c1-35-22-14-19(15-23(16-22)36-2)10-13-24(33)27-29-26(34)21-11-8-18(9-12-21)17-32-30-25(28-31-32)20-6-4-3-5-7-20/h3-16H,17H2,1-2H3,(H,27,33)(H,29,34)/b13-10+. The molecule has 2 amide bonds. The number of nitrogens with zero attached hydrogens (tertiary/aromatic N) is 4. The first-order chi connectivity index (χ1) is 17.5. The first-order valence-corrected chi connectivity index (χ1v) is 11.0. The van der Waals surface area contributed by atoms with Gasteiger partial charge in [-0.1, -0.05) is 42.5 Å². The van der Waals surface area contributed by atoms with Crippen LogP contribution in [0.2, 0.25) is 0 Å². The number of carbonyl (C=O) groups excluding carboxylic acids is 2. The lowest BCUT2D eigenvalue weighted by molar-refractivity contribution is -0.117. The molecule has 4 aromatic rings. The summed E-state index contributed by atoms with van der Waals surface area (Å²) in [6.45, 7) is 0.401. The van der Waals surface area contributed by atoms with Crippen molar-refractivity contribution in [1.82, 2.24) is 31.1 Å². The molecule has 10 nitrogen and oxygen atoms in total. The summed E-state index contributed by atoms with van der Waals surface area (Å²) in [5.74, 6) is 0.802. The van der Waals surface area contributed by atoms with Crippen molar-refractivity contribution in [3.8, 4) is 22.9 Å². The van der Waals surface area contributed by atoms with Gasteiger partial charge in [0.25, 0.3) is 11.8 Å². The summed E-state index contributed by atoms with van der Waals surface area (Å²) in [7, 11) is 3.09. The average molecular weight is 485 g/mol. The maximum atomic E-state index is 12.4. The van der Waals surface area contributed by atoms with Crippen LogP contribution in [0.1, 0.15) is 21.5 Å². The molecule has 4 rings (SSSR count). The molecule has 36 heavy (non-hydrogen) atoms. The first-order valence-electron chi connectivity index (χ1n) is 11.0. The molecule has 3 aromatic carbocycles. The maximum absolute atomic E-state index is 12.4. The molecule has 10 heteroatoms. The second-order valence-electron chi connectivity index (χ2n) is 7.63. The number of aromatic nitrogens is 4. The number of carbonyl (C=O) groups is 2. The normalized spacial score (nSPS) is 10.7. The van der Waals surface area contributed by atoms with E-state index in [4.69, 9.17) is 9.47 Å². The van der Waals surface area contributed by atoms with E-state index in [0.29, 0.717) is 35.0 Å². The predicted octanol–water partition coefficient (Wildman–Crippen LogP) is 2.88. The molecule has 1 aromatic heterocycles. The number of hydrogen-bond acceptors (Lipinski definition) is 7. The Balaban J connectivity index is 1.29. The van der Waals surface area contributed by atoms with Crippen LogP contribution in [0.3, 0.4) is 0 Å². The van der Waals surface area contributed by atoms with Gasteiger partial charge in [-0.15, -0.1) is 10.2 Å². The topological polar surface area (TPSA) is 120 Å². The zero-order valence-corrected chi connectivity index (χ0v) is 19.7. The lowest BCUT2D eigenvalue weighted by atomic mass is 10.1. The van der Waals surface area contributed by atoms with Crippen molar-refractivity contribution in [2.45, 2.75) is 6.54 Å². The average Bonchev–Trinajstić information content (AvgIpc) is 3.39. The van der Waals surface area contributed by atoms with Crippen LogP contribution in [-0.4, -0.2) is 46.2 Å². The van der Waals surface area contributed by atoms with Crippen LogP contribution in [0.4, 0.5) is 0 Å². The fourth-order valence-electron chi connectivity index (χ4n) is 3.27. The fraction of sp³-hybridized carbons (Fsp3) is 0.115. The summed E-state index contributed by atoms with van der Waals surface area (Å²) in [5, 5.41) is 12.5. The molecule has 1 heterocycles. The van der Waals surface area contributed by atoms with Crippen LogP contribution in [0.15, 0.2) is 78.9 Å². The summed E-state index contributed by atoms with van der Waals surface area (Å²) in [6.07, 6.45) is 2.88. The molecule has 0 saturated heterocycles. The Hall–Kier alpha value is -4.99. The van der Waals surface area contributed by atoms with E-state index in [2.05, 4.69) is 26.3 Å². The Kier molecular flexibility index (Phi) is 7.66. The number of amides is 2. The number of hydrogen-bond donors (Lipinski definition) is 2. The molecular weight excluding hydrogens is 460 g/mol. The number of ether oxygens (including phenoxy) is 2. The molecule has 182 valence electrons. The van der Waals surface area contributed by atoms with E-state index in [1.54, 1.807) is 62.8 Å². The second-order valence-corrected chi connectivity index (χ2v) is 7.63. The third-order valence-corrected chi connectivity index (χ3v) is 5.13. The number of tetrazole rings is 1. The second kappa shape index (κ2) is 11.4. The third kappa shape index (κ3) is 6.32. The highest BCUT2D eigenvalue weighted by Gasteiger charge is 2.09. The Morgan fingerprint density at radius 1 is 0.917 bits per heavy atom. The van der Waals surface area contributed by atoms with E-state index in [0.717, 1.165) is 11.1 Å². The number of methoxy groups -OCH3 is 2. The van der Waals surface area contributed by atoms with E-state index in [9.17, 15) is 9.59 Å². The lowest BCUT2D eigenvalue weighted by Crippen LogP contribution is -2.40. The van der Waals surface area contributed by atoms with Crippen molar-refractivity contribution in [1.29, 1.82) is 0 Å². The van der Waals surface area contributed by atoms with Gasteiger partial charge >= 0.3 is 0 Å². The van der Waals surface area contributed by atoms with Gasteiger partial charge in [0, 0.05) is 23.3 Å². The monoisotopic (exact) mass is 484 g/mol. The molecule has 0 aliphatic carbocycles. The van der Waals surface area contributed by atoms with Crippen molar-refractivity contribution in [3.63, 3.8) is 0 Å². The summed E-state index contributed by atoms with van der Waals surface area (Å²) < 4.78 is 10.4. The Morgan fingerprint density at radius 3 is 2.28 bits per heavy atom. The highest BCUT2D eigenvalue weighted by Crippen LogP contribution is 2.23. The SMILES string of the molecule is COc1cc(/C=C/C(=O)NNC(=O)c2ccc(Cn3nnc(-c4ccccc4)n3)cc2)cc(OC)c1. The highest BCUT2D eigenvalue weighted by atomic mass is 16.5. The van der Waals surface area contributed by atoms with Crippen LogP contribution < -0.4 is 20.3 Å². The van der Waals surface area contributed by atoms with Crippen molar-refractivity contribution >= 4 is 17.9 Å². The van der Waals surface area contributed by atoms with Crippen LogP contribution in [0.25, 0.3) is 17.5 Å². The molecule has 0 atom stereocenters. The summed E-state index contributed by atoms with van der Waals surface area (Å²) in [4.78, 5) is 26.0. The largest absolute Gasteiger partial charge is 0.497 e. The Morgan fingerprint density at radius 2 is 1.61 bits per heavy atom. The van der Waals surface area contributed by atoms with E-state index < -0.39 is 11.8 Å². The lowest BCUT2D eigenvalue weighted by Gasteiger charge is -2.07. The van der Waals surface area contributed by atoms with Gasteiger partial charge in [-0.25, -0.2) is 0 Å². The Labute approximate surface area is 207 Å². The summed E-state index contributed by atoms with van der Waals surface area (Å²) in [5.41, 5.74) is 7.63. The number of rotatable bonds is 8. The van der Waals surface area contributed by atoms with Gasteiger partial charge < -0.3 is 9.47 Å². The van der Waals surface area contributed by atoms with E-state index in [1.807, 2.05) is 30.3 Å². The van der Waals surface area contributed by atoms with Gasteiger partial charge in [-0.3, -0.25) is 20.4 Å². The molecule has 0 radical (unpaired) electrons. The first kappa shape index (κ1) is 24.1. The number of benzene rings is 3. The zero-order valence-electron chi connectivity index (χ0n) is 19.7. The van der Waals surface area contributed by atoms with Gasteiger partial charge in [-0.2, -0.15) is 4.80 Å². The third-order valence-electron chi connectivity index (χ3n) is 5.13.